The highest BCUT2D eigenvalue weighted by molar-refractivity contribution is 6.31. The standard InChI is InChI=1S/C27H29ClFN5O2/c1-4-32-13-15-33(16-14-32)12-5-17-36-23-9-6-21(7-10-23)27(35)30-22-8-11-25(24(29)18-22)34-20(3)26(28)19(2)31-34/h1,6-11,18H,5,12-17H2,2-3H3,(H,30,35). The van der Waals surface area contributed by atoms with E-state index in [1.807, 2.05) is 4.90 Å². The van der Waals surface area contributed by atoms with Crippen LogP contribution in [0.15, 0.2) is 42.5 Å². The number of carbonyl (C=O) groups excluding carboxylic acids is 1. The molecule has 1 aromatic heterocycles. The molecule has 1 aliphatic heterocycles. The number of halogens is 2. The van der Waals surface area contributed by atoms with Gasteiger partial charge >= 0.3 is 0 Å². The van der Waals surface area contributed by atoms with Crippen molar-refractivity contribution in [2.45, 2.75) is 20.3 Å². The van der Waals surface area contributed by atoms with E-state index in [0.29, 0.717) is 40.0 Å². The number of nitrogens with zero attached hydrogens (tertiary/aromatic N) is 4. The zero-order valence-electron chi connectivity index (χ0n) is 20.4. The molecular weight excluding hydrogens is 481 g/mol. The summed E-state index contributed by atoms with van der Waals surface area (Å²) in [5.74, 6) is -0.159. The second-order valence-corrected chi connectivity index (χ2v) is 9.08. The lowest BCUT2D eigenvalue weighted by Gasteiger charge is -2.32. The third-order valence-electron chi connectivity index (χ3n) is 6.20. The molecule has 1 amide bonds. The van der Waals surface area contributed by atoms with Gasteiger partial charge in [0.15, 0.2) is 5.82 Å². The fourth-order valence-corrected chi connectivity index (χ4v) is 4.22. The van der Waals surface area contributed by atoms with Crippen molar-refractivity contribution in [1.82, 2.24) is 19.6 Å². The van der Waals surface area contributed by atoms with Crippen LogP contribution < -0.4 is 10.1 Å². The number of amides is 1. The molecule has 2 heterocycles. The molecule has 0 radical (unpaired) electrons. The maximum absolute atomic E-state index is 14.8. The first-order valence-corrected chi connectivity index (χ1v) is 12.2. The number of rotatable bonds is 8. The second-order valence-electron chi connectivity index (χ2n) is 8.70. The van der Waals surface area contributed by atoms with Crippen LogP contribution in [-0.4, -0.2) is 64.8 Å². The van der Waals surface area contributed by atoms with Crippen LogP contribution in [-0.2, 0) is 0 Å². The topological polar surface area (TPSA) is 62.6 Å². The summed E-state index contributed by atoms with van der Waals surface area (Å²) >= 11 is 6.18. The number of nitrogens with one attached hydrogen (secondary N) is 1. The molecule has 0 atom stereocenters. The number of ether oxygens (including phenoxy) is 1. The Kier molecular flexibility index (Phi) is 8.14. The summed E-state index contributed by atoms with van der Waals surface area (Å²) in [7, 11) is 0. The molecule has 3 aromatic rings. The lowest BCUT2D eigenvalue weighted by Crippen LogP contribution is -2.44. The van der Waals surface area contributed by atoms with Crippen molar-refractivity contribution in [1.29, 1.82) is 0 Å². The van der Waals surface area contributed by atoms with Crippen molar-refractivity contribution in [3.63, 3.8) is 0 Å². The number of aryl methyl sites for hydroxylation is 1. The predicted octanol–water partition coefficient (Wildman–Crippen LogP) is 4.51. The van der Waals surface area contributed by atoms with Gasteiger partial charge in [0.05, 0.1) is 23.0 Å². The summed E-state index contributed by atoms with van der Waals surface area (Å²) in [4.78, 5) is 17.0. The third-order valence-corrected chi connectivity index (χ3v) is 6.74. The van der Waals surface area contributed by atoms with E-state index in [9.17, 15) is 9.18 Å². The molecule has 4 rings (SSSR count). The average Bonchev–Trinajstić information content (AvgIpc) is 3.14. The number of hydrogen-bond acceptors (Lipinski definition) is 5. The van der Waals surface area contributed by atoms with Gasteiger partial charge < -0.3 is 15.0 Å². The molecule has 36 heavy (non-hydrogen) atoms. The quantitative estimate of drug-likeness (QED) is 0.357. The second kappa shape index (κ2) is 11.5. The average molecular weight is 510 g/mol. The molecule has 0 aliphatic carbocycles. The van der Waals surface area contributed by atoms with E-state index in [1.165, 1.54) is 10.7 Å². The van der Waals surface area contributed by atoms with Gasteiger partial charge in [0.25, 0.3) is 5.91 Å². The number of anilines is 1. The maximum atomic E-state index is 14.8. The third kappa shape index (κ3) is 5.99. The van der Waals surface area contributed by atoms with E-state index in [4.69, 9.17) is 22.8 Å². The first-order valence-electron chi connectivity index (χ1n) is 11.8. The van der Waals surface area contributed by atoms with Crippen LogP contribution in [0, 0.1) is 32.1 Å². The molecule has 1 N–H and O–H groups in total. The van der Waals surface area contributed by atoms with E-state index >= 15 is 0 Å². The van der Waals surface area contributed by atoms with Crippen LogP contribution in [0.4, 0.5) is 10.1 Å². The summed E-state index contributed by atoms with van der Waals surface area (Å²) in [5, 5.41) is 7.50. The lowest BCUT2D eigenvalue weighted by atomic mass is 10.2. The summed E-state index contributed by atoms with van der Waals surface area (Å²) in [5.41, 5.74) is 2.32. The van der Waals surface area contributed by atoms with Crippen LogP contribution in [0.2, 0.25) is 5.02 Å². The Balaban J connectivity index is 1.27. The van der Waals surface area contributed by atoms with Gasteiger partial charge in [0.2, 0.25) is 0 Å². The molecule has 0 saturated carbocycles. The Labute approximate surface area is 215 Å². The Bertz CT molecular complexity index is 1260. The zero-order chi connectivity index (χ0) is 25.7. The van der Waals surface area contributed by atoms with Gasteiger partial charge in [0, 0.05) is 50.0 Å². The van der Waals surface area contributed by atoms with E-state index in [-0.39, 0.29) is 11.6 Å². The molecule has 1 saturated heterocycles. The number of hydrogen-bond donors (Lipinski definition) is 1. The molecule has 1 aliphatic rings. The van der Waals surface area contributed by atoms with Crippen molar-refractivity contribution in [2.75, 3.05) is 44.6 Å². The van der Waals surface area contributed by atoms with E-state index in [0.717, 1.165) is 39.1 Å². The normalized spacial score (nSPS) is 13.9. The van der Waals surface area contributed by atoms with Gasteiger partial charge in [-0.15, -0.1) is 0 Å². The zero-order valence-corrected chi connectivity index (χ0v) is 21.2. The summed E-state index contributed by atoms with van der Waals surface area (Å²) in [6.07, 6.45) is 6.34. The molecule has 0 spiro atoms. The van der Waals surface area contributed by atoms with Crippen molar-refractivity contribution in [3.8, 4) is 23.9 Å². The summed E-state index contributed by atoms with van der Waals surface area (Å²) in [6.45, 7) is 8.82. The maximum Gasteiger partial charge on any atom is 0.255 e. The first kappa shape index (κ1) is 25.5. The van der Waals surface area contributed by atoms with Crippen molar-refractivity contribution in [3.05, 3.63) is 70.3 Å². The van der Waals surface area contributed by atoms with Crippen molar-refractivity contribution >= 4 is 23.2 Å². The molecule has 7 nitrogen and oxygen atoms in total. The predicted molar refractivity (Wildman–Crippen MR) is 139 cm³/mol. The fraction of sp³-hybridized carbons (Fsp3) is 0.333. The van der Waals surface area contributed by atoms with E-state index < -0.39 is 5.82 Å². The fourth-order valence-electron chi connectivity index (χ4n) is 4.10. The minimum atomic E-state index is -0.517. The van der Waals surface area contributed by atoms with Crippen LogP contribution in [0.25, 0.3) is 5.69 Å². The monoisotopic (exact) mass is 509 g/mol. The van der Waals surface area contributed by atoms with E-state index in [2.05, 4.69) is 21.4 Å². The molecular formula is C27H29ClFN5O2. The summed E-state index contributed by atoms with van der Waals surface area (Å²) in [6, 6.07) is 14.0. The SMILES string of the molecule is C#CN1CCN(CCCOc2ccc(C(=O)Nc3ccc(-n4nc(C)c(Cl)c4C)c(F)c3)cc2)CC1. The van der Waals surface area contributed by atoms with Crippen molar-refractivity contribution < 1.29 is 13.9 Å². The number of aromatic nitrogens is 2. The molecule has 0 bridgehead atoms. The van der Waals surface area contributed by atoms with Gasteiger partial charge in [-0.25, -0.2) is 9.07 Å². The van der Waals surface area contributed by atoms with Crippen LogP contribution >= 0.6 is 11.6 Å². The minimum Gasteiger partial charge on any atom is -0.494 e. The van der Waals surface area contributed by atoms with Gasteiger partial charge in [-0.05, 0) is 62.7 Å². The van der Waals surface area contributed by atoms with Gasteiger partial charge in [-0.3, -0.25) is 9.69 Å². The molecule has 1 fully saturated rings. The highest BCUT2D eigenvalue weighted by Gasteiger charge is 2.16. The molecule has 188 valence electrons. The van der Waals surface area contributed by atoms with E-state index in [1.54, 1.807) is 50.2 Å². The van der Waals surface area contributed by atoms with Crippen LogP contribution in [0.5, 0.6) is 5.75 Å². The molecule has 9 heteroatoms. The Morgan fingerprint density at radius 1 is 1.17 bits per heavy atom. The highest BCUT2D eigenvalue weighted by atomic mass is 35.5. The number of terminal acetylenes is 1. The smallest absolute Gasteiger partial charge is 0.255 e. The number of piperazine rings is 1. The molecule has 2 aromatic carbocycles. The Morgan fingerprint density at radius 3 is 2.50 bits per heavy atom. The Hall–Kier alpha value is -3.54. The van der Waals surface area contributed by atoms with Crippen LogP contribution in [0.1, 0.15) is 28.2 Å². The number of carbonyl (C=O) groups is 1. The van der Waals surface area contributed by atoms with Gasteiger partial charge in [-0.1, -0.05) is 18.0 Å². The molecule has 0 unspecified atom stereocenters. The first-order chi connectivity index (χ1) is 17.4. The van der Waals surface area contributed by atoms with Gasteiger partial charge in [-0.2, -0.15) is 5.10 Å². The number of benzene rings is 2. The summed E-state index contributed by atoms with van der Waals surface area (Å²) < 4.78 is 22.0. The van der Waals surface area contributed by atoms with Crippen molar-refractivity contribution in [2.24, 2.45) is 0 Å². The Morgan fingerprint density at radius 2 is 1.89 bits per heavy atom. The van der Waals surface area contributed by atoms with Gasteiger partial charge in [0.1, 0.15) is 11.4 Å². The van der Waals surface area contributed by atoms with Crippen LogP contribution in [0.3, 0.4) is 0 Å². The largest absolute Gasteiger partial charge is 0.494 e. The lowest BCUT2D eigenvalue weighted by molar-refractivity contribution is 0.102. The minimum absolute atomic E-state index is 0.261. The highest BCUT2D eigenvalue weighted by Crippen LogP contribution is 2.25.